The van der Waals surface area contributed by atoms with Gasteiger partial charge in [0.25, 0.3) is 0 Å². The van der Waals surface area contributed by atoms with Gasteiger partial charge in [-0.05, 0) is 50.2 Å². The summed E-state index contributed by atoms with van der Waals surface area (Å²) in [6, 6.07) is 12.1. The molecular formula is C25H27ClN4O8S2. The van der Waals surface area contributed by atoms with Crippen molar-refractivity contribution < 1.29 is 35.8 Å². The number of sulfone groups is 1. The Balaban J connectivity index is 1.83. The number of aliphatic hydroxyl groups excluding tert-OH is 1. The SMILES string of the molecule is COc1cccc(OC)c1-n1c(NS(=O)(=O)[C@H](C)[C@H](O)c2ccc(Cl)cc2S(C)(=O)=O)nnc1-c1ccc(C)o1. The minimum atomic E-state index is -4.43. The van der Waals surface area contributed by atoms with Gasteiger partial charge in [0.05, 0.1) is 25.2 Å². The highest BCUT2D eigenvalue weighted by Gasteiger charge is 2.35. The van der Waals surface area contributed by atoms with Gasteiger partial charge in [-0.25, -0.2) is 16.8 Å². The number of hydrogen-bond donors (Lipinski definition) is 2. The molecule has 0 saturated carbocycles. The molecule has 4 rings (SSSR count). The van der Waals surface area contributed by atoms with E-state index < -0.39 is 31.2 Å². The Labute approximate surface area is 236 Å². The summed E-state index contributed by atoms with van der Waals surface area (Å²) in [4.78, 5) is -0.285. The van der Waals surface area contributed by atoms with Crippen molar-refractivity contribution >= 4 is 37.4 Å². The van der Waals surface area contributed by atoms with Crippen molar-refractivity contribution in [2.75, 3.05) is 25.2 Å². The number of nitrogens with one attached hydrogen (secondary N) is 1. The summed E-state index contributed by atoms with van der Waals surface area (Å²) in [5.41, 5.74) is 0.161. The number of halogens is 1. The standard InChI is InChI=1S/C25H27ClN4O8S2/c1-14-9-12-20(38-14)24-27-28-25(30(24)22-18(36-3)7-6-8-19(22)37-4)29-40(34,35)15(2)23(31)17-11-10-16(26)13-21(17)39(5,32)33/h6-13,15,23,31H,1-5H3,(H,28,29)/t15-,23+/m1/s1. The molecule has 0 saturated heterocycles. The first-order valence-corrected chi connectivity index (χ1v) is 15.5. The molecule has 0 aliphatic carbocycles. The van der Waals surface area contributed by atoms with Gasteiger partial charge in [0.1, 0.15) is 28.2 Å². The van der Waals surface area contributed by atoms with Crippen molar-refractivity contribution in [3.8, 4) is 28.8 Å². The maximum atomic E-state index is 13.6. The number of aliphatic hydroxyl groups is 1. The van der Waals surface area contributed by atoms with Crippen LogP contribution in [-0.4, -0.2) is 62.4 Å². The lowest BCUT2D eigenvalue weighted by atomic mass is 10.1. The van der Waals surface area contributed by atoms with Gasteiger partial charge >= 0.3 is 0 Å². The number of benzene rings is 2. The fourth-order valence-corrected chi connectivity index (χ4v) is 6.30. The first-order valence-electron chi connectivity index (χ1n) is 11.7. The molecule has 0 radical (unpaired) electrons. The van der Waals surface area contributed by atoms with Gasteiger partial charge in [-0.3, -0.25) is 9.29 Å². The van der Waals surface area contributed by atoms with Crippen LogP contribution in [0.25, 0.3) is 17.3 Å². The lowest BCUT2D eigenvalue weighted by Crippen LogP contribution is -2.32. The van der Waals surface area contributed by atoms with Crippen LogP contribution in [0.2, 0.25) is 5.02 Å². The fourth-order valence-electron chi connectivity index (χ4n) is 4.04. The van der Waals surface area contributed by atoms with Crippen molar-refractivity contribution in [1.29, 1.82) is 0 Å². The van der Waals surface area contributed by atoms with Gasteiger partial charge in [0.2, 0.25) is 21.8 Å². The summed E-state index contributed by atoms with van der Waals surface area (Å²) in [6.45, 7) is 2.97. The topological polar surface area (TPSA) is 163 Å². The summed E-state index contributed by atoms with van der Waals surface area (Å²) < 4.78 is 72.3. The van der Waals surface area contributed by atoms with Crippen LogP contribution < -0.4 is 14.2 Å². The van der Waals surface area contributed by atoms with E-state index in [0.717, 1.165) is 12.3 Å². The average molecular weight is 611 g/mol. The molecule has 0 aliphatic heterocycles. The number of anilines is 1. The van der Waals surface area contributed by atoms with Gasteiger partial charge in [0.15, 0.2) is 15.6 Å². The highest BCUT2D eigenvalue weighted by atomic mass is 35.5. The van der Waals surface area contributed by atoms with E-state index in [-0.39, 0.29) is 38.7 Å². The van der Waals surface area contributed by atoms with Gasteiger partial charge in [-0.15, -0.1) is 10.2 Å². The first kappa shape index (κ1) is 29.4. The number of aryl methyl sites for hydroxylation is 1. The predicted molar refractivity (Wildman–Crippen MR) is 148 cm³/mol. The zero-order chi connectivity index (χ0) is 29.4. The van der Waals surface area contributed by atoms with Crippen LogP contribution in [0.5, 0.6) is 11.5 Å². The molecule has 2 aromatic carbocycles. The van der Waals surface area contributed by atoms with Gasteiger partial charge in [0, 0.05) is 16.8 Å². The van der Waals surface area contributed by atoms with E-state index in [1.807, 2.05) is 0 Å². The van der Waals surface area contributed by atoms with Crippen LogP contribution in [0.4, 0.5) is 5.95 Å². The molecule has 2 N–H and O–H groups in total. The van der Waals surface area contributed by atoms with E-state index in [0.29, 0.717) is 17.3 Å². The lowest BCUT2D eigenvalue weighted by molar-refractivity contribution is 0.173. The summed E-state index contributed by atoms with van der Waals surface area (Å²) in [5, 5.41) is 17.8. The molecule has 40 heavy (non-hydrogen) atoms. The van der Waals surface area contributed by atoms with Crippen LogP contribution in [0, 0.1) is 6.92 Å². The zero-order valence-electron chi connectivity index (χ0n) is 22.1. The number of rotatable bonds is 10. The van der Waals surface area contributed by atoms with Crippen LogP contribution in [-0.2, 0) is 19.9 Å². The summed E-state index contributed by atoms with van der Waals surface area (Å²) in [7, 11) is -5.40. The number of sulfonamides is 1. The summed E-state index contributed by atoms with van der Waals surface area (Å²) in [6.07, 6.45) is -0.809. The highest BCUT2D eigenvalue weighted by Crippen LogP contribution is 2.38. The second-order valence-electron chi connectivity index (χ2n) is 8.86. The largest absolute Gasteiger partial charge is 0.494 e. The molecule has 2 aromatic heterocycles. The van der Waals surface area contributed by atoms with E-state index >= 15 is 0 Å². The maximum absolute atomic E-state index is 13.6. The number of furan rings is 1. The van der Waals surface area contributed by atoms with Gasteiger partial charge < -0.3 is 19.0 Å². The molecule has 15 heteroatoms. The quantitative estimate of drug-likeness (QED) is 0.270. The Kier molecular flexibility index (Phi) is 8.17. The van der Waals surface area contributed by atoms with E-state index in [9.17, 15) is 21.9 Å². The molecule has 0 bridgehead atoms. The van der Waals surface area contributed by atoms with Crippen molar-refractivity contribution in [3.63, 3.8) is 0 Å². The molecule has 2 atom stereocenters. The first-order chi connectivity index (χ1) is 18.8. The lowest BCUT2D eigenvalue weighted by Gasteiger charge is -2.23. The Morgan fingerprint density at radius 2 is 1.68 bits per heavy atom. The Morgan fingerprint density at radius 3 is 2.23 bits per heavy atom. The number of hydrogen-bond acceptors (Lipinski definition) is 10. The van der Waals surface area contributed by atoms with E-state index in [1.165, 1.54) is 37.8 Å². The fraction of sp³-hybridized carbons (Fsp3) is 0.280. The van der Waals surface area contributed by atoms with Gasteiger partial charge in [-0.2, -0.15) is 0 Å². The molecule has 0 amide bonds. The van der Waals surface area contributed by atoms with E-state index in [2.05, 4.69) is 14.9 Å². The number of nitrogens with zero attached hydrogens (tertiary/aromatic N) is 3. The maximum Gasteiger partial charge on any atom is 0.243 e. The number of aromatic nitrogens is 3. The minimum absolute atomic E-state index is 0.115. The highest BCUT2D eigenvalue weighted by molar-refractivity contribution is 7.93. The molecule has 0 aliphatic rings. The average Bonchev–Trinajstić information content (AvgIpc) is 3.51. The second-order valence-corrected chi connectivity index (χ2v) is 13.3. The monoisotopic (exact) mass is 610 g/mol. The Hall–Kier alpha value is -3.59. The zero-order valence-corrected chi connectivity index (χ0v) is 24.5. The second kappa shape index (κ2) is 11.1. The van der Waals surface area contributed by atoms with E-state index in [1.54, 1.807) is 37.3 Å². The third kappa shape index (κ3) is 5.66. The third-order valence-electron chi connectivity index (χ3n) is 6.11. The van der Waals surface area contributed by atoms with Crippen LogP contribution in [0.1, 0.15) is 24.4 Å². The molecule has 12 nitrogen and oxygen atoms in total. The summed E-state index contributed by atoms with van der Waals surface area (Å²) >= 11 is 5.96. The van der Waals surface area contributed by atoms with Crippen LogP contribution in [0.3, 0.4) is 0 Å². The number of methoxy groups -OCH3 is 2. The van der Waals surface area contributed by atoms with Crippen LogP contribution >= 0.6 is 11.6 Å². The Bertz CT molecular complexity index is 1740. The normalized spacial score (nSPS) is 13.6. The molecule has 214 valence electrons. The van der Waals surface area contributed by atoms with Crippen molar-refractivity contribution in [3.05, 3.63) is 64.9 Å². The molecule has 2 heterocycles. The van der Waals surface area contributed by atoms with Crippen molar-refractivity contribution in [1.82, 2.24) is 14.8 Å². The molecule has 4 aromatic rings. The third-order valence-corrected chi connectivity index (χ3v) is 9.20. The molecular weight excluding hydrogens is 584 g/mol. The Morgan fingerprint density at radius 1 is 1.02 bits per heavy atom. The molecule has 0 fully saturated rings. The summed E-state index contributed by atoms with van der Waals surface area (Å²) in [5.74, 6) is 1.38. The minimum Gasteiger partial charge on any atom is -0.494 e. The molecule has 0 unspecified atom stereocenters. The molecule has 0 spiro atoms. The smallest absolute Gasteiger partial charge is 0.243 e. The predicted octanol–water partition coefficient (Wildman–Crippen LogP) is 3.77. The van der Waals surface area contributed by atoms with E-state index in [4.69, 9.17) is 25.5 Å². The number of para-hydroxylation sites is 1. The van der Waals surface area contributed by atoms with Crippen LogP contribution in [0.15, 0.2) is 57.8 Å². The van der Waals surface area contributed by atoms with Crippen molar-refractivity contribution in [2.45, 2.75) is 30.1 Å². The van der Waals surface area contributed by atoms with Gasteiger partial charge in [-0.1, -0.05) is 23.7 Å². The van der Waals surface area contributed by atoms with Crippen molar-refractivity contribution in [2.24, 2.45) is 0 Å². The number of ether oxygens (including phenoxy) is 2.